The van der Waals surface area contributed by atoms with Crippen LogP contribution in [-0.2, 0) is 13.0 Å². The number of hydrogen-bond acceptors (Lipinski definition) is 1. The largest absolute Gasteiger partial charge is 0.310 e. The summed E-state index contributed by atoms with van der Waals surface area (Å²) in [5, 5.41) is 4.17. The zero-order chi connectivity index (χ0) is 13.7. The average molecular weight is 278 g/mol. The van der Waals surface area contributed by atoms with E-state index in [1.54, 1.807) is 12.1 Å². The van der Waals surface area contributed by atoms with Crippen LogP contribution in [0.25, 0.3) is 0 Å². The van der Waals surface area contributed by atoms with E-state index in [-0.39, 0.29) is 11.9 Å². The molecule has 1 atom stereocenters. The van der Waals surface area contributed by atoms with E-state index < -0.39 is 0 Å². The summed E-state index contributed by atoms with van der Waals surface area (Å²) in [6, 6.07) is 14.8. The molecule has 0 fully saturated rings. The molecule has 2 rings (SSSR count). The average Bonchev–Trinajstić information content (AvgIpc) is 2.39. The highest BCUT2D eigenvalue weighted by Gasteiger charge is 2.06. The monoisotopic (exact) mass is 277 g/mol. The van der Waals surface area contributed by atoms with E-state index in [0.717, 1.165) is 22.6 Å². The van der Waals surface area contributed by atoms with Crippen LogP contribution in [0.4, 0.5) is 4.39 Å². The lowest BCUT2D eigenvalue weighted by atomic mass is 10.1. The summed E-state index contributed by atoms with van der Waals surface area (Å²) in [6.45, 7) is 2.76. The molecule has 0 heterocycles. The molecular formula is C16H17ClFN. The normalized spacial score (nSPS) is 12.4. The van der Waals surface area contributed by atoms with Gasteiger partial charge in [0.15, 0.2) is 0 Å². The van der Waals surface area contributed by atoms with Crippen molar-refractivity contribution < 1.29 is 4.39 Å². The molecule has 0 aliphatic carbocycles. The van der Waals surface area contributed by atoms with Crippen LogP contribution in [0.3, 0.4) is 0 Å². The third-order valence-electron chi connectivity index (χ3n) is 3.03. The van der Waals surface area contributed by atoms with Gasteiger partial charge in [0.05, 0.1) is 0 Å². The Balaban J connectivity index is 1.88. The summed E-state index contributed by atoms with van der Waals surface area (Å²) in [5.74, 6) is -0.196. The lowest BCUT2D eigenvalue weighted by molar-refractivity contribution is 0.542. The Hall–Kier alpha value is -1.38. The van der Waals surface area contributed by atoms with Crippen molar-refractivity contribution >= 4 is 11.6 Å². The molecule has 2 aromatic rings. The molecule has 0 saturated carbocycles. The number of rotatable bonds is 5. The van der Waals surface area contributed by atoms with E-state index in [2.05, 4.69) is 12.2 Å². The maximum atomic E-state index is 13.0. The van der Waals surface area contributed by atoms with E-state index in [1.807, 2.05) is 30.3 Å². The van der Waals surface area contributed by atoms with E-state index >= 15 is 0 Å². The SMILES string of the molecule is CC(Cc1ccccc1Cl)NCc1cccc(F)c1. The van der Waals surface area contributed by atoms with Crippen LogP contribution in [0, 0.1) is 5.82 Å². The fourth-order valence-electron chi connectivity index (χ4n) is 2.00. The first-order chi connectivity index (χ1) is 9.15. The lowest BCUT2D eigenvalue weighted by Gasteiger charge is -2.14. The molecule has 19 heavy (non-hydrogen) atoms. The first-order valence-electron chi connectivity index (χ1n) is 6.36. The van der Waals surface area contributed by atoms with Crippen molar-refractivity contribution in [2.75, 3.05) is 0 Å². The molecule has 0 aliphatic rings. The van der Waals surface area contributed by atoms with Crippen LogP contribution in [-0.4, -0.2) is 6.04 Å². The molecule has 0 spiro atoms. The van der Waals surface area contributed by atoms with Crippen molar-refractivity contribution in [2.45, 2.75) is 25.9 Å². The van der Waals surface area contributed by atoms with Gasteiger partial charge in [-0.2, -0.15) is 0 Å². The maximum Gasteiger partial charge on any atom is 0.123 e. The fraction of sp³-hybridized carbons (Fsp3) is 0.250. The topological polar surface area (TPSA) is 12.0 Å². The molecule has 0 amide bonds. The van der Waals surface area contributed by atoms with Crippen molar-refractivity contribution in [1.82, 2.24) is 5.32 Å². The van der Waals surface area contributed by atoms with Gasteiger partial charge >= 0.3 is 0 Å². The number of nitrogens with one attached hydrogen (secondary N) is 1. The summed E-state index contributed by atoms with van der Waals surface area (Å²) in [5.41, 5.74) is 2.08. The van der Waals surface area contributed by atoms with Gasteiger partial charge in [0.2, 0.25) is 0 Å². The minimum Gasteiger partial charge on any atom is -0.310 e. The number of halogens is 2. The first kappa shape index (κ1) is 14.0. The van der Waals surface area contributed by atoms with Crippen LogP contribution in [0.5, 0.6) is 0 Å². The Morgan fingerprint density at radius 2 is 1.95 bits per heavy atom. The summed E-state index contributed by atoms with van der Waals surface area (Å²) < 4.78 is 13.0. The third kappa shape index (κ3) is 4.34. The Morgan fingerprint density at radius 1 is 1.16 bits per heavy atom. The smallest absolute Gasteiger partial charge is 0.123 e. The second-order valence-corrected chi connectivity index (χ2v) is 5.11. The zero-order valence-electron chi connectivity index (χ0n) is 10.9. The van der Waals surface area contributed by atoms with Crippen LogP contribution in [0.15, 0.2) is 48.5 Å². The van der Waals surface area contributed by atoms with Gasteiger partial charge in [0.1, 0.15) is 5.82 Å². The van der Waals surface area contributed by atoms with Crippen molar-refractivity contribution in [3.05, 3.63) is 70.5 Å². The van der Waals surface area contributed by atoms with E-state index in [9.17, 15) is 4.39 Å². The summed E-state index contributed by atoms with van der Waals surface area (Å²) in [4.78, 5) is 0. The maximum absolute atomic E-state index is 13.0. The van der Waals surface area contributed by atoms with E-state index in [0.29, 0.717) is 6.54 Å². The molecular weight excluding hydrogens is 261 g/mol. The Bertz CT molecular complexity index is 542. The van der Waals surface area contributed by atoms with Gasteiger partial charge in [-0.05, 0) is 42.7 Å². The van der Waals surface area contributed by atoms with E-state index in [4.69, 9.17) is 11.6 Å². The number of benzene rings is 2. The minimum absolute atomic E-state index is 0.196. The Labute approximate surface area is 118 Å². The molecule has 0 radical (unpaired) electrons. The molecule has 1 N–H and O–H groups in total. The van der Waals surface area contributed by atoms with Gasteiger partial charge in [-0.3, -0.25) is 0 Å². The first-order valence-corrected chi connectivity index (χ1v) is 6.74. The predicted octanol–water partition coefficient (Wildman–Crippen LogP) is 4.20. The highest BCUT2D eigenvalue weighted by Crippen LogP contribution is 2.16. The van der Waals surface area contributed by atoms with Crippen LogP contribution < -0.4 is 5.32 Å². The zero-order valence-corrected chi connectivity index (χ0v) is 11.6. The standard InChI is InChI=1S/C16H17ClFN/c1-12(9-14-6-2-3-8-16(14)17)19-11-13-5-4-7-15(18)10-13/h2-8,10,12,19H,9,11H2,1H3. The highest BCUT2D eigenvalue weighted by molar-refractivity contribution is 6.31. The lowest BCUT2D eigenvalue weighted by Crippen LogP contribution is -2.27. The number of hydrogen-bond donors (Lipinski definition) is 1. The Kier molecular flexibility index (Phi) is 4.94. The quantitative estimate of drug-likeness (QED) is 0.864. The van der Waals surface area contributed by atoms with E-state index in [1.165, 1.54) is 6.07 Å². The second kappa shape index (κ2) is 6.69. The molecule has 0 bridgehead atoms. The van der Waals surface area contributed by atoms with Crippen molar-refractivity contribution in [1.29, 1.82) is 0 Å². The van der Waals surface area contributed by atoms with Gasteiger partial charge in [0.25, 0.3) is 0 Å². The Morgan fingerprint density at radius 3 is 2.68 bits per heavy atom. The summed E-state index contributed by atoms with van der Waals surface area (Å²) in [7, 11) is 0. The van der Waals surface area contributed by atoms with Gasteiger partial charge in [0, 0.05) is 17.6 Å². The van der Waals surface area contributed by atoms with Crippen LogP contribution >= 0.6 is 11.6 Å². The van der Waals surface area contributed by atoms with Crippen molar-refractivity contribution in [3.8, 4) is 0 Å². The summed E-state index contributed by atoms with van der Waals surface area (Å²) >= 11 is 6.13. The van der Waals surface area contributed by atoms with Crippen LogP contribution in [0.2, 0.25) is 5.02 Å². The molecule has 0 saturated heterocycles. The van der Waals surface area contributed by atoms with Gasteiger partial charge in [-0.25, -0.2) is 4.39 Å². The minimum atomic E-state index is -0.196. The molecule has 3 heteroatoms. The van der Waals surface area contributed by atoms with Gasteiger partial charge < -0.3 is 5.32 Å². The summed E-state index contributed by atoms with van der Waals surface area (Å²) in [6.07, 6.45) is 0.856. The fourth-order valence-corrected chi connectivity index (χ4v) is 2.22. The predicted molar refractivity (Wildman–Crippen MR) is 77.9 cm³/mol. The molecule has 1 unspecified atom stereocenters. The molecule has 100 valence electrons. The van der Waals surface area contributed by atoms with Gasteiger partial charge in [-0.1, -0.05) is 41.9 Å². The third-order valence-corrected chi connectivity index (χ3v) is 3.40. The molecule has 0 aromatic heterocycles. The second-order valence-electron chi connectivity index (χ2n) is 4.71. The highest BCUT2D eigenvalue weighted by atomic mass is 35.5. The van der Waals surface area contributed by atoms with Crippen LogP contribution in [0.1, 0.15) is 18.1 Å². The molecule has 1 nitrogen and oxygen atoms in total. The van der Waals surface area contributed by atoms with Crippen molar-refractivity contribution in [3.63, 3.8) is 0 Å². The molecule has 2 aromatic carbocycles. The van der Waals surface area contributed by atoms with Crippen molar-refractivity contribution in [2.24, 2.45) is 0 Å². The van der Waals surface area contributed by atoms with Gasteiger partial charge in [-0.15, -0.1) is 0 Å². The molecule has 0 aliphatic heterocycles.